The summed E-state index contributed by atoms with van der Waals surface area (Å²) in [6.45, 7) is 0. The molecule has 0 nitrogen and oxygen atoms in total. The molecule has 0 aromatic heterocycles. The highest BCUT2D eigenvalue weighted by Gasteiger charge is 2.51. The number of fused-ring (bicyclic) bond motifs is 16. The molecule has 0 N–H and O–H groups in total. The van der Waals surface area contributed by atoms with E-state index >= 15 is 0 Å². The Bertz CT molecular complexity index is 2500. The van der Waals surface area contributed by atoms with Crippen molar-refractivity contribution in [3.05, 3.63) is 180 Å². The number of rotatable bonds is 1. The second-order valence-electron chi connectivity index (χ2n) is 12.1. The van der Waals surface area contributed by atoms with Crippen molar-refractivity contribution in [3.8, 4) is 33.4 Å². The summed E-state index contributed by atoms with van der Waals surface area (Å²) in [6.07, 6.45) is 0. The highest BCUT2D eigenvalue weighted by atomic mass is 19.1. The van der Waals surface area contributed by atoms with Crippen LogP contribution in [0, 0.1) is 5.82 Å². The minimum Gasteiger partial charge on any atom is -0.207 e. The van der Waals surface area contributed by atoms with Crippen LogP contribution >= 0.6 is 0 Å². The quantitative estimate of drug-likeness (QED) is 0.175. The maximum absolute atomic E-state index is 13.9. The van der Waals surface area contributed by atoms with Crippen molar-refractivity contribution in [1.29, 1.82) is 0 Å². The molecule has 0 radical (unpaired) electrons. The zero-order valence-corrected chi connectivity index (χ0v) is 23.8. The topological polar surface area (TPSA) is 0 Å². The SMILES string of the molecule is Fc1ccc(-c2ccc3c(c2)C2(c4ccccc4-3)c3ccccc3-c3cc4c5ccccc5c5ccccc5c4cc32)cc1. The largest absolute Gasteiger partial charge is 0.207 e. The maximum atomic E-state index is 13.9. The van der Waals surface area contributed by atoms with Gasteiger partial charge in [-0.05, 0) is 118 Å². The van der Waals surface area contributed by atoms with Gasteiger partial charge in [0, 0.05) is 0 Å². The predicted octanol–water partition coefficient (Wildman–Crippen LogP) is 11.3. The Labute approximate surface area is 254 Å². The summed E-state index contributed by atoms with van der Waals surface area (Å²) in [5, 5.41) is 7.71. The zero-order chi connectivity index (χ0) is 29.0. The van der Waals surface area contributed by atoms with Crippen LogP contribution in [0.4, 0.5) is 4.39 Å². The van der Waals surface area contributed by atoms with Gasteiger partial charge in [-0.1, -0.05) is 121 Å². The third-order valence-corrected chi connectivity index (χ3v) is 10.1. The third-order valence-electron chi connectivity index (χ3n) is 10.1. The molecule has 44 heavy (non-hydrogen) atoms. The fourth-order valence-corrected chi connectivity index (χ4v) is 8.36. The van der Waals surface area contributed by atoms with E-state index in [0.29, 0.717) is 0 Å². The molecule has 0 heterocycles. The van der Waals surface area contributed by atoms with Crippen molar-refractivity contribution in [2.24, 2.45) is 0 Å². The van der Waals surface area contributed by atoms with Crippen molar-refractivity contribution >= 4 is 32.3 Å². The number of hydrogen-bond donors (Lipinski definition) is 0. The maximum Gasteiger partial charge on any atom is 0.123 e. The average Bonchev–Trinajstić information content (AvgIpc) is 3.54. The second-order valence-corrected chi connectivity index (χ2v) is 12.1. The van der Waals surface area contributed by atoms with E-state index in [0.717, 1.165) is 11.1 Å². The Balaban J connectivity index is 1.38. The smallest absolute Gasteiger partial charge is 0.123 e. The van der Waals surface area contributed by atoms with E-state index < -0.39 is 5.41 Å². The van der Waals surface area contributed by atoms with Gasteiger partial charge in [-0.25, -0.2) is 4.39 Å². The molecule has 8 aromatic carbocycles. The molecule has 0 amide bonds. The van der Waals surface area contributed by atoms with Crippen molar-refractivity contribution < 1.29 is 4.39 Å². The van der Waals surface area contributed by atoms with Crippen molar-refractivity contribution in [1.82, 2.24) is 0 Å². The summed E-state index contributed by atoms with van der Waals surface area (Å²) in [6, 6.07) is 54.2. The monoisotopic (exact) mass is 560 g/mol. The van der Waals surface area contributed by atoms with Crippen LogP contribution in [0.3, 0.4) is 0 Å². The summed E-state index contributed by atoms with van der Waals surface area (Å²) >= 11 is 0. The van der Waals surface area contributed by atoms with E-state index in [2.05, 4.69) is 127 Å². The van der Waals surface area contributed by atoms with E-state index in [9.17, 15) is 4.39 Å². The molecule has 1 unspecified atom stereocenters. The summed E-state index contributed by atoms with van der Waals surface area (Å²) in [5.41, 5.74) is 12.0. The van der Waals surface area contributed by atoms with Crippen LogP contribution in [-0.4, -0.2) is 0 Å². The van der Waals surface area contributed by atoms with Gasteiger partial charge < -0.3 is 0 Å². The molecular weight excluding hydrogens is 535 g/mol. The predicted molar refractivity (Wildman–Crippen MR) is 181 cm³/mol. The fourth-order valence-electron chi connectivity index (χ4n) is 8.36. The summed E-state index contributed by atoms with van der Waals surface area (Å²) in [4.78, 5) is 0. The molecule has 1 atom stereocenters. The van der Waals surface area contributed by atoms with E-state index in [-0.39, 0.29) is 5.82 Å². The van der Waals surface area contributed by atoms with Crippen LogP contribution in [0.25, 0.3) is 65.7 Å². The first kappa shape index (κ1) is 24.0. The Hall–Kier alpha value is -5.53. The van der Waals surface area contributed by atoms with E-state index in [1.165, 1.54) is 76.8 Å². The number of benzene rings is 8. The molecule has 0 fully saturated rings. The van der Waals surface area contributed by atoms with Crippen LogP contribution in [0.2, 0.25) is 0 Å². The van der Waals surface area contributed by atoms with Crippen molar-refractivity contribution in [2.75, 3.05) is 0 Å². The molecule has 1 spiro atoms. The normalized spacial score (nSPS) is 15.9. The summed E-state index contributed by atoms with van der Waals surface area (Å²) < 4.78 is 13.9. The minimum absolute atomic E-state index is 0.218. The van der Waals surface area contributed by atoms with Gasteiger partial charge >= 0.3 is 0 Å². The van der Waals surface area contributed by atoms with Crippen LogP contribution < -0.4 is 0 Å². The molecule has 0 saturated heterocycles. The molecule has 204 valence electrons. The van der Waals surface area contributed by atoms with E-state index in [1.54, 1.807) is 12.1 Å². The Morgan fingerprint density at radius 1 is 0.318 bits per heavy atom. The lowest BCUT2D eigenvalue weighted by atomic mass is 9.70. The lowest BCUT2D eigenvalue weighted by molar-refractivity contribution is 0.628. The highest BCUT2D eigenvalue weighted by Crippen LogP contribution is 2.63. The van der Waals surface area contributed by atoms with Crippen LogP contribution in [0.5, 0.6) is 0 Å². The molecule has 0 saturated carbocycles. The van der Waals surface area contributed by atoms with Crippen LogP contribution in [0.1, 0.15) is 22.3 Å². The van der Waals surface area contributed by atoms with Crippen LogP contribution in [0.15, 0.2) is 152 Å². The standard InChI is InChI=1S/C43H25F/c44-28-20-17-26(18-21-28)27-19-22-35-33-13-5-7-15-39(33)43(41(35)23-27)40-16-8-6-14-34(40)38-24-36-31-11-3-1-9-29(31)30-10-2-4-12-32(30)37(36)25-42(38)43/h1-25H. The fraction of sp³-hybridized carbons (Fsp3) is 0.0233. The van der Waals surface area contributed by atoms with Gasteiger partial charge in [-0.3, -0.25) is 0 Å². The average molecular weight is 561 g/mol. The third kappa shape index (κ3) is 2.91. The summed E-state index contributed by atoms with van der Waals surface area (Å²) in [5.74, 6) is -0.218. The van der Waals surface area contributed by atoms with Gasteiger partial charge in [0.1, 0.15) is 5.82 Å². The van der Waals surface area contributed by atoms with E-state index in [4.69, 9.17) is 0 Å². The number of halogens is 1. The molecule has 1 heteroatoms. The molecule has 8 aromatic rings. The first-order valence-electron chi connectivity index (χ1n) is 15.2. The van der Waals surface area contributed by atoms with Gasteiger partial charge in [0.15, 0.2) is 0 Å². The Morgan fingerprint density at radius 3 is 1.41 bits per heavy atom. The minimum atomic E-state index is -0.463. The van der Waals surface area contributed by atoms with Gasteiger partial charge in [0.05, 0.1) is 5.41 Å². The molecule has 10 rings (SSSR count). The Kier molecular flexibility index (Phi) is 4.64. The first-order valence-corrected chi connectivity index (χ1v) is 15.2. The van der Waals surface area contributed by atoms with Gasteiger partial charge in [-0.2, -0.15) is 0 Å². The number of hydrogen-bond acceptors (Lipinski definition) is 0. The van der Waals surface area contributed by atoms with E-state index in [1.807, 2.05) is 12.1 Å². The Morgan fingerprint density at radius 2 is 0.773 bits per heavy atom. The van der Waals surface area contributed by atoms with Crippen molar-refractivity contribution in [3.63, 3.8) is 0 Å². The van der Waals surface area contributed by atoms with Gasteiger partial charge in [0.25, 0.3) is 0 Å². The molecule has 0 aliphatic heterocycles. The lowest BCUT2D eigenvalue weighted by Gasteiger charge is -2.31. The first-order chi connectivity index (χ1) is 21.7. The molecule has 0 bridgehead atoms. The van der Waals surface area contributed by atoms with Crippen LogP contribution in [-0.2, 0) is 5.41 Å². The highest BCUT2D eigenvalue weighted by molar-refractivity contribution is 6.26. The lowest BCUT2D eigenvalue weighted by Crippen LogP contribution is -2.25. The molecule has 2 aliphatic rings. The molecule has 2 aliphatic carbocycles. The molecular formula is C43H25F. The van der Waals surface area contributed by atoms with Gasteiger partial charge in [0.2, 0.25) is 0 Å². The zero-order valence-electron chi connectivity index (χ0n) is 23.8. The summed E-state index contributed by atoms with van der Waals surface area (Å²) in [7, 11) is 0. The van der Waals surface area contributed by atoms with Gasteiger partial charge in [-0.15, -0.1) is 0 Å². The van der Waals surface area contributed by atoms with Crippen molar-refractivity contribution in [2.45, 2.75) is 5.41 Å². The second kappa shape index (κ2) is 8.52.